The van der Waals surface area contributed by atoms with Gasteiger partial charge in [0.15, 0.2) is 0 Å². The molecule has 1 atom stereocenters. The number of aryl methyl sites for hydroxylation is 1. The number of carbonyl (C=O) groups is 1. The highest BCUT2D eigenvalue weighted by atomic mass is 32.2. The van der Waals surface area contributed by atoms with E-state index >= 15 is 0 Å². The lowest BCUT2D eigenvalue weighted by Crippen LogP contribution is -2.39. The van der Waals surface area contributed by atoms with Crippen molar-refractivity contribution in [3.05, 3.63) is 65.7 Å². The summed E-state index contributed by atoms with van der Waals surface area (Å²) < 4.78 is 27.1. The quantitative estimate of drug-likeness (QED) is 0.832. The second-order valence-electron chi connectivity index (χ2n) is 5.54. The van der Waals surface area contributed by atoms with Crippen molar-refractivity contribution in [2.45, 2.75) is 24.2 Å². The summed E-state index contributed by atoms with van der Waals surface area (Å²) in [6.45, 7) is 3.62. The zero-order valence-corrected chi connectivity index (χ0v) is 13.4. The number of hydrogen-bond acceptors (Lipinski definition) is 3. The van der Waals surface area contributed by atoms with Crippen LogP contribution in [0.1, 0.15) is 18.1 Å². The van der Waals surface area contributed by atoms with Crippen LogP contribution in [0.3, 0.4) is 0 Å². The van der Waals surface area contributed by atoms with Gasteiger partial charge in [-0.15, -0.1) is 0 Å². The van der Waals surface area contributed by atoms with Crippen molar-refractivity contribution in [3.63, 3.8) is 0 Å². The fourth-order valence-corrected chi connectivity index (χ4v) is 3.23. The maximum atomic E-state index is 12.3. The second kappa shape index (κ2) is 6.42. The van der Waals surface area contributed by atoms with Gasteiger partial charge in [0.25, 0.3) is 0 Å². The number of nitrogens with one attached hydrogen (secondary N) is 1. The summed E-state index contributed by atoms with van der Waals surface area (Å²) in [6.07, 6.45) is 0.778. The molecule has 22 heavy (non-hydrogen) atoms. The summed E-state index contributed by atoms with van der Waals surface area (Å²) in [5.74, 6) is 0. The second-order valence-corrected chi connectivity index (χ2v) is 7.31. The van der Waals surface area contributed by atoms with Gasteiger partial charge in [0.1, 0.15) is 6.29 Å². The Hall–Kier alpha value is -1.98. The Morgan fingerprint density at radius 1 is 1.05 bits per heavy atom. The Morgan fingerprint density at radius 2 is 1.64 bits per heavy atom. The van der Waals surface area contributed by atoms with Crippen molar-refractivity contribution in [1.29, 1.82) is 0 Å². The molecule has 0 saturated carbocycles. The molecule has 2 aromatic rings. The number of rotatable bonds is 6. The molecule has 1 N–H and O–H groups in total. The number of hydrogen-bond donors (Lipinski definition) is 1. The molecule has 0 saturated heterocycles. The van der Waals surface area contributed by atoms with Crippen LogP contribution in [0, 0.1) is 6.92 Å². The maximum Gasteiger partial charge on any atom is 0.240 e. The smallest absolute Gasteiger partial charge is 0.240 e. The van der Waals surface area contributed by atoms with Gasteiger partial charge in [0, 0.05) is 6.54 Å². The zero-order chi connectivity index (χ0) is 16.2. The van der Waals surface area contributed by atoms with Crippen LogP contribution in [0.4, 0.5) is 0 Å². The molecule has 4 nitrogen and oxygen atoms in total. The molecule has 0 aliphatic rings. The molecule has 5 heteroatoms. The molecule has 0 radical (unpaired) electrons. The van der Waals surface area contributed by atoms with E-state index in [1.807, 2.05) is 37.3 Å². The Bertz CT molecular complexity index is 739. The van der Waals surface area contributed by atoms with Crippen molar-refractivity contribution in [2.75, 3.05) is 6.54 Å². The predicted molar refractivity (Wildman–Crippen MR) is 86.2 cm³/mol. The molecular formula is C17H19NO3S. The monoisotopic (exact) mass is 317 g/mol. The van der Waals surface area contributed by atoms with Crippen LogP contribution in [0.25, 0.3) is 0 Å². The molecule has 1 unspecified atom stereocenters. The molecule has 0 spiro atoms. The molecule has 2 rings (SSSR count). The Balaban J connectivity index is 2.20. The van der Waals surface area contributed by atoms with Gasteiger partial charge in [-0.05, 0) is 31.5 Å². The minimum Gasteiger partial charge on any atom is -0.302 e. The van der Waals surface area contributed by atoms with Gasteiger partial charge < -0.3 is 4.79 Å². The number of sulfonamides is 1. The third-order valence-corrected chi connectivity index (χ3v) is 5.07. The predicted octanol–water partition coefficient (Wildman–Crippen LogP) is 2.43. The fourth-order valence-electron chi connectivity index (χ4n) is 2.08. The lowest BCUT2D eigenvalue weighted by molar-refractivity contribution is -0.111. The van der Waals surface area contributed by atoms with Crippen LogP contribution >= 0.6 is 0 Å². The summed E-state index contributed by atoms with van der Waals surface area (Å²) in [5.41, 5.74) is 0.858. The molecule has 0 bridgehead atoms. The van der Waals surface area contributed by atoms with Crippen LogP contribution in [0.5, 0.6) is 0 Å². The minimum absolute atomic E-state index is 0.0106. The van der Waals surface area contributed by atoms with Crippen molar-refractivity contribution in [1.82, 2.24) is 4.72 Å². The molecule has 0 aliphatic carbocycles. The highest BCUT2D eigenvalue weighted by Gasteiger charge is 2.28. The first kappa shape index (κ1) is 16.4. The van der Waals surface area contributed by atoms with Gasteiger partial charge in [-0.25, -0.2) is 13.1 Å². The maximum absolute atomic E-state index is 12.3. The lowest BCUT2D eigenvalue weighted by atomic mass is 9.84. The van der Waals surface area contributed by atoms with Crippen molar-refractivity contribution in [3.8, 4) is 0 Å². The van der Waals surface area contributed by atoms with E-state index in [1.165, 1.54) is 0 Å². The molecular weight excluding hydrogens is 298 g/mol. The third-order valence-electron chi connectivity index (χ3n) is 3.65. The van der Waals surface area contributed by atoms with Crippen LogP contribution in [0.2, 0.25) is 0 Å². The fraction of sp³-hybridized carbons (Fsp3) is 0.235. The van der Waals surface area contributed by atoms with Gasteiger partial charge in [-0.1, -0.05) is 48.0 Å². The molecule has 116 valence electrons. The normalized spacial score (nSPS) is 14.3. The Labute approximate surface area is 131 Å². The summed E-state index contributed by atoms with van der Waals surface area (Å²) in [4.78, 5) is 11.7. The summed E-state index contributed by atoms with van der Waals surface area (Å²) in [5, 5.41) is 0. The van der Waals surface area contributed by atoms with E-state index in [0.717, 1.165) is 17.4 Å². The Morgan fingerprint density at radius 3 is 2.18 bits per heavy atom. The number of benzene rings is 2. The van der Waals surface area contributed by atoms with E-state index in [2.05, 4.69) is 4.72 Å². The van der Waals surface area contributed by atoms with E-state index < -0.39 is 15.4 Å². The zero-order valence-electron chi connectivity index (χ0n) is 12.6. The van der Waals surface area contributed by atoms with Crippen molar-refractivity contribution < 1.29 is 13.2 Å². The summed E-state index contributed by atoms with van der Waals surface area (Å²) in [7, 11) is -3.64. The summed E-state index contributed by atoms with van der Waals surface area (Å²) >= 11 is 0. The standard InChI is InChI=1S/C17H19NO3S/c1-14-8-10-16(11-9-14)22(20,21)18-12-17(2,13-19)15-6-4-3-5-7-15/h3-11,13,18H,12H2,1-2H3. The number of aldehydes is 1. The Kier molecular flexibility index (Phi) is 4.78. The van der Waals surface area contributed by atoms with Crippen molar-refractivity contribution in [2.24, 2.45) is 0 Å². The highest BCUT2D eigenvalue weighted by Crippen LogP contribution is 2.21. The molecule has 0 heterocycles. The van der Waals surface area contributed by atoms with Gasteiger partial charge in [-0.2, -0.15) is 0 Å². The first-order valence-corrected chi connectivity index (χ1v) is 8.44. The highest BCUT2D eigenvalue weighted by molar-refractivity contribution is 7.89. The summed E-state index contributed by atoms with van der Waals surface area (Å²) in [6, 6.07) is 15.7. The topological polar surface area (TPSA) is 63.2 Å². The van der Waals surface area contributed by atoms with Crippen LogP contribution in [-0.2, 0) is 20.2 Å². The van der Waals surface area contributed by atoms with E-state index in [0.29, 0.717) is 0 Å². The molecule has 0 fully saturated rings. The molecule has 0 aromatic heterocycles. The van der Waals surface area contributed by atoms with E-state index in [1.54, 1.807) is 31.2 Å². The number of carbonyl (C=O) groups excluding carboxylic acids is 1. The molecule has 0 amide bonds. The minimum atomic E-state index is -3.64. The van der Waals surface area contributed by atoms with Gasteiger partial charge in [-0.3, -0.25) is 0 Å². The average molecular weight is 317 g/mol. The van der Waals surface area contributed by atoms with E-state index in [9.17, 15) is 13.2 Å². The third kappa shape index (κ3) is 3.61. The van der Waals surface area contributed by atoms with Crippen LogP contribution < -0.4 is 4.72 Å². The van der Waals surface area contributed by atoms with Gasteiger partial charge >= 0.3 is 0 Å². The van der Waals surface area contributed by atoms with Crippen LogP contribution in [0.15, 0.2) is 59.5 Å². The first-order valence-electron chi connectivity index (χ1n) is 6.96. The van der Waals surface area contributed by atoms with E-state index in [-0.39, 0.29) is 11.4 Å². The van der Waals surface area contributed by atoms with Crippen LogP contribution in [-0.4, -0.2) is 21.2 Å². The molecule has 2 aromatic carbocycles. The van der Waals surface area contributed by atoms with Gasteiger partial charge in [0.05, 0.1) is 10.3 Å². The van der Waals surface area contributed by atoms with Gasteiger partial charge in [0.2, 0.25) is 10.0 Å². The molecule has 0 aliphatic heterocycles. The SMILES string of the molecule is Cc1ccc(S(=O)(=O)NCC(C)(C=O)c2ccccc2)cc1. The van der Waals surface area contributed by atoms with Crippen molar-refractivity contribution >= 4 is 16.3 Å². The average Bonchev–Trinajstić information content (AvgIpc) is 2.54. The first-order chi connectivity index (χ1) is 10.4. The van der Waals surface area contributed by atoms with E-state index in [4.69, 9.17) is 0 Å². The largest absolute Gasteiger partial charge is 0.302 e. The lowest BCUT2D eigenvalue weighted by Gasteiger charge is -2.24.